The number of nitrogens with one attached hydrogen (secondary N) is 3. The zero-order valence-electron chi connectivity index (χ0n) is 17.9. The molecule has 0 spiro atoms. The number of halogens is 1. The number of carbonyl (C=O) groups is 1. The van der Waals surface area contributed by atoms with Gasteiger partial charge in [-0.25, -0.2) is 4.98 Å². The maximum atomic E-state index is 11.8. The predicted molar refractivity (Wildman–Crippen MR) is 132 cm³/mol. The Morgan fingerprint density at radius 1 is 1.20 bits per heavy atom. The molecule has 164 valence electrons. The van der Waals surface area contributed by atoms with Gasteiger partial charge in [0.2, 0.25) is 5.88 Å². The summed E-state index contributed by atoms with van der Waals surface area (Å²) in [5.74, 6) is 1.29. The Kier molecular flexibility index (Phi) is 12.5. The molecule has 7 nitrogen and oxygen atoms in total. The number of nitrogens with zero attached hydrogens (tertiary/aromatic N) is 2. The minimum Gasteiger partial charge on any atom is -0.477 e. The second-order valence-corrected chi connectivity index (χ2v) is 6.55. The van der Waals surface area contributed by atoms with Crippen LogP contribution in [0, 0.1) is 0 Å². The summed E-state index contributed by atoms with van der Waals surface area (Å²) in [6.45, 7) is 4.07. The number of aromatic nitrogens is 1. The lowest BCUT2D eigenvalue weighted by molar-refractivity contribution is 0.0963. The van der Waals surface area contributed by atoms with E-state index in [4.69, 9.17) is 4.74 Å². The quantitative estimate of drug-likeness (QED) is 0.192. The fourth-order valence-corrected chi connectivity index (χ4v) is 2.74. The van der Waals surface area contributed by atoms with Crippen LogP contribution in [0.25, 0.3) is 0 Å². The van der Waals surface area contributed by atoms with Crippen molar-refractivity contribution in [1.29, 1.82) is 0 Å². The number of rotatable bonds is 10. The second kappa shape index (κ2) is 14.6. The number of pyridine rings is 1. The molecule has 0 aliphatic carbocycles. The van der Waals surface area contributed by atoms with E-state index in [0.717, 1.165) is 30.4 Å². The number of guanidine groups is 1. The van der Waals surface area contributed by atoms with Gasteiger partial charge in [-0.05, 0) is 36.6 Å². The molecule has 2 aromatic rings. The smallest absolute Gasteiger partial charge is 0.251 e. The van der Waals surface area contributed by atoms with E-state index in [1.54, 1.807) is 20.3 Å². The number of amides is 1. The van der Waals surface area contributed by atoms with Gasteiger partial charge in [-0.2, -0.15) is 0 Å². The fraction of sp³-hybridized carbons (Fsp3) is 0.409. The number of hydrogen-bond acceptors (Lipinski definition) is 4. The number of aliphatic imine (C=N–C) groups is 1. The lowest BCUT2D eigenvalue weighted by atomic mass is 10.1. The van der Waals surface area contributed by atoms with Gasteiger partial charge in [0.05, 0.1) is 6.61 Å². The van der Waals surface area contributed by atoms with E-state index in [-0.39, 0.29) is 29.9 Å². The van der Waals surface area contributed by atoms with Crippen molar-refractivity contribution in [1.82, 2.24) is 20.9 Å². The summed E-state index contributed by atoms with van der Waals surface area (Å²) in [5, 5.41) is 9.24. The SMILES string of the molecule is CCCCOc1ncccc1CNC(=NC)NCCc1cccc(C(=O)NC)c1.I. The molecule has 2 rings (SSSR count). The lowest BCUT2D eigenvalue weighted by Gasteiger charge is -2.14. The van der Waals surface area contributed by atoms with E-state index in [0.29, 0.717) is 37.1 Å². The minimum absolute atomic E-state index is 0. The largest absolute Gasteiger partial charge is 0.477 e. The van der Waals surface area contributed by atoms with E-state index in [2.05, 4.69) is 32.9 Å². The average Bonchev–Trinajstić information content (AvgIpc) is 2.76. The monoisotopic (exact) mass is 525 g/mol. The van der Waals surface area contributed by atoms with E-state index in [1.165, 1.54) is 0 Å². The molecule has 0 bridgehead atoms. The van der Waals surface area contributed by atoms with Crippen molar-refractivity contribution >= 4 is 35.8 Å². The van der Waals surface area contributed by atoms with Crippen molar-refractivity contribution in [2.75, 3.05) is 27.2 Å². The molecule has 1 aromatic heterocycles. The van der Waals surface area contributed by atoms with E-state index in [9.17, 15) is 4.79 Å². The molecular formula is C22H32IN5O2. The standard InChI is InChI=1S/C22H31N5O2.HI/c1-4-5-14-29-21-19(10-7-12-25-21)16-27-22(24-3)26-13-11-17-8-6-9-18(15-17)20(28)23-2;/h6-10,12,15H,4-5,11,13-14,16H2,1-3H3,(H,23,28)(H2,24,26,27);1H. The summed E-state index contributed by atoms with van der Waals surface area (Å²) in [5.41, 5.74) is 2.75. The highest BCUT2D eigenvalue weighted by Gasteiger charge is 2.07. The lowest BCUT2D eigenvalue weighted by Crippen LogP contribution is -2.38. The third kappa shape index (κ3) is 8.56. The number of carbonyl (C=O) groups excluding carboxylic acids is 1. The first-order valence-corrected chi connectivity index (χ1v) is 10.00. The van der Waals surface area contributed by atoms with Gasteiger partial charge < -0.3 is 20.7 Å². The zero-order chi connectivity index (χ0) is 20.9. The van der Waals surface area contributed by atoms with Crippen LogP contribution in [0.3, 0.4) is 0 Å². The van der Waals surface area contributed by atoms with Crippen molar-refractivity contribution in [3.63, 3.8) is 0 Å². The van der Waals surface area contributed by atoms with Crippen LogP contribution in [-0.2, 0) is 13.0 Å². The molecule has 0 atom stereocenters. The molecule has 0 radical (unpaired) electrons. The highest BCUT2D eigenvalue weighted by Crippen LogP contribution is 2.14. The molecule has 1 amide bonds. The summed E-state index contributed by atoms with van der Waals surface area (Å²) < 4.78 is 5.78. The fourth-order valence-electron chi connectivity index (χ4n) is 2.74. The number of ether oxygens (including phenoxy) is 1. The Morgan fingerprint density at radius 3 is 2.77 bits per heavy atom. The van der Waals surface area contributed by atoms with Crippen molar-refractivity contribution in [2.45, 2.75) is 32.7 Å². The van der Waals surface area contributed by atoms with Gasteiger partial charge in [0.1, 0.15) is 0 Å². The van der Waals surface area contributed by atoms with E-state index < -0.39 is 0 Å². The molecule has 1 aromatic carbocycles. The highest BCUT2D eigenvalue weighted by molar-refractivity contribution is 14.0. The number of benzene rings is 1. The predicted octanol–water partition coefficient (Wildman–Crippen LogP) is 3.15. The van der Waals surface area contributed by atoms with E-state index >= 15 is 0 Å². The molecule has 30 heavy (non-hydrogen) atoms. The summed E-state index contributed by atoms with van der Waals surface area (Å²) in [7, 11) is 3.37. The van der Waals surface area contributed by atoms with Gasteiger partial charge in [0, 0.05) is 44.5 Å². The van der Waals surface area contributed by atoms with Crippen LogP contribution in [0.15, 0.2) is 47.6 Å². The average molecular weight is 525 g/mol. The summed E-state index contributed by atoms with van der Waals surface area (Å²) in [6, 6.07) is 11.5. The second-order valence-electron chi connectivity index (χ2n) is 6.55. The van der Waals surface area contributed by atoms with E-state index in [1.807, 2.05) is 36.4 Å². The van der Waals surface area contributed by atoms with Crippen molar-refractivity contribution in [2.24, 2.45) is 4.99 Å². The van der Waals surface area contributed by atoms with Crippen molar-refractivity contribution < 1.29 is 9.53 Å². The topological polar surface area (TPSA) is 87.6 Å². The van der Waals surface area contributed by atoms with Crippen LogP contribution in [0.5, 0.6) is 5.88 Å². The number of hydrogen-bond donors (Lipinski definition) is 3. The Bertz CT molecular complexity index is 814. The summed E-state index contributed by atoms with van der Waals surface area (Å²) in [4.78, 5) is 20.4. The molecular weight excluding hydrogens is 493 g/mol. The molecule has 0 aliphatic heterocycles. The Hall–Kier alpha value is -2.36. The van der Waals surface area contributed by atoms with Gasteiger partial charge in [-0.15, -0.1) is 24.0 Å². The van der Waals surface area contributed by atoms with Crippen LogP contribution < -0.4 is 20.7 Å². The highest BCUT2D eigenvalue weighted by atomic mass is 127. The zero-order valence-corrected chi connectivity index (χ0v) is 20.2. The first kappa shape index (κ1) is 25.7. The maximum Gasteiger partial charge on any atom is 0.251 e. The van der Waals surface area contributed by atoms with Gasteiger partial charge in [0.15, 0.2) is 5.96 Å². The van der Waals surface area contributed by atoms with Crippen LogP contribution in [0.4, 0.5) is 0 Å². The van der Waals surface area contributed by atoms with Crippen LogP contribution in [0.2, 0.25) is 0 Å². The van der Waals surface area contributed by atoms with Gasteiger partial charge in [-0.1, -0.05) is 31.5 Å². The third-order valence-electron chi connectivity index (χ3n) is 4.38. The normalized spacial score (nSPS) is 10.7. The van der Waals surface area contributed by atoms with Crippen LogP contribution >= 0.6 is 24.0 Å². The summed E-state index contributed by atoms with van der Waals surface area (Å²) in [6.07, 6.45) is 4.62. The first-order valence-electron chi connectivity index (χ1n) is 10.00. The molecule has 0 fully saturated rings. The molecule has 0 unspecified atom stereocenters. The summed E-state index contributed by atoms with van der Waals surface area (Å²) >= 11 is 0. The van der Waals surface area contributed by atoms with Crippen LogP contribution in [-0.4, -0.2) is 44.1 Å². The molecule has 0 aliphatic rings. The number of unbranched alkanes of at least 4 members (excludes halogenated alkanes) is 1. The first-order chi connectivity index (χ1) is 14.2. The van der Waals surface area contributed by atoms with Gasteiger partial charge in [0.25, 0.3) is 5.91 Å². The minimum atomic E-state index is -0.0780. The van der Waals surface area contributed by atoms with Gasteiger partial charge >= 0.3 is 0 Å². The van der Waals surface area contributed by atoms with Crippen molar-refractivity contribution in [3.05, 3.63) is 59.3 Å². The molecule has 3 N–H and O–H groups in total. The molecule has 0 saturated carbocycles. The van der Waals surface area contributed by atoms with Crippen LogP contribution in [0.1, 0.15) is 41.3 Å². The molecule has 0 saturated heterocycles. The molecule has 8 heteroatoms. The third-order valence-corrected chi connectivity index (χ3v) is 4.38. The van der Waals surface area contributed by atoms with Gasteiger partial charge in [-0.3, -0.25) is 9.79 Å². The van der Waals surface area contributed by atoms with Crippen molar-refractivity contribution in [3.8, 4) is 5.88 Å². The maximum absolute atomic E-state index is 11.8. The Labute approximate surface area is 196 Å². The Balaban J connectivity index is 0.00000450. The molecule has 1 heterocycles. The Morgan fingerprint density at radius 2 is 2.03 bits per heavy atom.